The number of nitrogens with zero attached hydrogens (tertiary/aromatic N) is 6. The summed E-state index contributed by atoms with van der Waals surface area (Å²) in [5, 5.41) is 13.1. The van der Waals surface area contributed by atoms with Gasteiger partial charge in [-0.1, -0.05) is 6.42 Å². The Hall–Kier alpha value is -1.80. The molecule has 4 rings (SSSR count). The molecule has 4 heterocycles. The Morgan fingerprint density at radius 2 is 2.23 bits per heavy atom. The number of aromatic nitrogens is 4. The number of fused-ring (bicyclic) bond motifs is 1. The van der Waals surface area contributed by atoms with Crippen LogP contribution in [0.1, 0.15) is 28.9 Å². The van der Waals surface area contributed by atoms with Crippen LogP contribution < -0.4 is 0 Å². The Balaban J connectivity index is 1.54. The molecule has 0 radical (unpaired) electrons. The molecule has 2 aromatic heterocycles. The van der Waals surface area contributed by atoms with Gasteiger partial charge in [0.05, 0.1) is 5.69 Å². The second-order valence-corrected chi connectivity index (χ2v) is 6.74. The van der Waals surface area contributed by atoms with Gasteiger partial charge < -0.3 is 4.90 Å². The van der Waals surface area contributed by atoms with Crippen LogP contribution in [0.15, 0.2) is 17.8 Å². The summed E-state index contributed by atoms with van der Waals surface area (Å²) in [6.45, 7) is 3.82. The first-order valence-electron chi connectivity index (χ1n) is 7.67. The number of piperidine rings is 1. The summed E-state index contributed by atoms with van der Waals surface area (Å²) in [6.07, 6.45) is 5.29. The van der Waals surface area contributed by atoms with E-state index in [1.807, 2.05) is 16.3 Å². The summed E-state index contributed by atoms with van der Waals surface area (Å²) in [5.41, 5.74) is 0.770. The van der Waals surface area contributed by atoms with E-state index in [1.165, 1.54) is 43.5 Å². The highest BCUT2D eigenvalue weighted by atomic mass is 32.1. The fraction of sp³-hybridized carbons (Fsp3) is 0.571. The first-order chi connectivity index (χ1) is 10.8. The van der Waals surface area contributed by atoms with Crippen LogP contribution in [0.2, 0.25) is 0 Å². The Morgan fingerprint density at radius 3 is 3.09 bits per heavy atom. The van der Waals surface area contributed by atoms with Gasteiger partial charge in [0.15, 0.2) is 0 Å². The Labute approximate surface area is 132 Å². The van der Waals surface area contributed by atoms with Crippen LogP contribution in [0.4, 0.5) is 0 Å². The van der Waals surface area contributed by atoms with Crippen molar-refractivity contribution in [3.05, 3.63) is 22.7 Å². The molecule has 1 amide bonds. The van der Waals surface area contributed by atoms with E-state index < -0.39 is 0 Å². The van der Waals surface area contributed by atoms with Gasteiger partial charge in [0, 0.05) is 25.7 Å². The average Bonchev–Trinajstić information content (AvgIpc) is 3.24. The number of rotatable bonds is 2. The largest absolute Gasteiger partial charge is 0.335 e. The minimum atomic E-state index is 0.103. The monoisotopic (exact) mass is 318 g/mol. The predicted molar refractivity (Wildman–Crippen MR) is 82.1 cm³/mol. The van der Waals surface area contributed by atoms with Gasteiger partial charge in [-0.2, -0.15) is 4.68 Å². The van der Waals surface area contributed by atoms with Crippen molar-refractivity contribution in [1.29, 1.82) is 0 Å². The molecule has 8 heteroatoms. The molecule has 0 spiro atoms. The van der Waals surface area contributed by atoms with Gasteiger partial charge in [-0.15, -0.1) is 16.4 Å². The smallest absolute Gasteiger partial charge is 0.266 e. The quantitative estimate of drug-likeness (QED) is 0.827. The minimum Gasteiger partial charge on any atom is -0.335 e. The summed E-state index contributed by atoms with van der Waals surface area (Å²) in [5.74, 6) is 0.103. The fourth-order valence-corrected chi connectivity index (χ4v) is 4.24. The molecule has 22 heavy (non-hydrogen) atoms. The normalized spacial score (nSPS) is 22.5. The SMILES string of the molecule is O=C(c1sccc1-n1cnnn1)N1CCN2CCCC[C@H]2C1. The van der Waals surface area contributed by atoms with Gasteiger partial charge in [-0.3, -0.25) is 9.69 Å². The van der Waals surface area contributed by atoms with Crippen molar-refractivity contribution in [2.75, 3.05) is 26.2 Å². The van der Waals surface area contributed by atoms with Gasteiger partial charge in [0.2, 0.25) is 0 Å². The summed E-state index contributed by atoms with van der Waals surface area (Å²) >= 11 is 1.46. The molecule has 0 aromatic carbocycles. The van der Waals surface area contributed by atoms with Crippen LogP contribution in [-0.2, 0) is 0 Å². The number of carbonyl (C=O) groups is 1. The molecule has 2 fully saturated rings. The fourth-order valence-electron chi connectivity index (χ4n) is 3.40. The lowest BCUT2D eigenvalue weighted by Crippen LogP contribution is -2.56. The molecular weight excluding hydrogens is 300 g/mol. The van der Waals surface area contributed by atoms with Crippen LogP contribution in [0.25, 0.3) is 5.69 Å². The summed E-state index contributed by atoms with van der Waals surface area (Å²) in [4.78, 5) is 18.1. The highest BCUT2D eigenvalue weighted by Gasteiger charge is 2.32. The highest BCUT2D eigenvalue weighted by molar-refractivity contribution is 7.12. The molecule has 116 valence electrons. The molecule has 7 nitrogen and oxygen atoms in total. The van der Waals surface area contributed by atoms with Crippen molar-refractivity contribution < 1.29 is 4.79 Å². The van der Waals surface area contributed by atoms with Gasteiger partial charge in [0.1, 0.15) is 11.2 Å². The number of hydrogen-bond donors (Lipinski definition) is 0. The van der Waals surface area contributed by atoms with E-state index in [9.17, 15) is 4.79 Å². The predicted octanol–water partition coefficient (Wildman–Crippen LogP) is 1.03. The number of hydrogen-bond acceptors (Lipinski definition) is 6. The lowest BCUT2D eigenvalue weighted by molar-refractivity contribution is 0.0376. The Bertz CT molecular complexity index is 654. The maximum absolute atomic E-state index is 12.9. The van der Waals surface area contributed by atoms with Crippen molar-refractivity contribution in [2.24, 2.45) is 0 Å². The third kappa shape index (κ3) is 2.42. The zero-order valence-corrected chi connectivity index (χ0v) is 13.1. The zero-order chi connectivity index (χ0) is 14.9. The second-order valence-electron chi connectivity index (χ2n) is 5.83. The summed E-state index contributed by atoms with van der Waals surface area (Å²) in [6, 6.07) is 2.42. The van der Waals surface area contributed by atoms with Crippen LogP contribution in [-0.4, -0.2) is 68.1 Å². The van der Waals surface area contributed by atoms with E-state index in [0.29, 0.717) is 6.04 Å². The van der Waals surface area contributed by atoms with Gasteiger partial charge >= 0.3 is 0 Å². The van der Waals surface area contributed by atoms with Crippen LogP contribution >= 0.6 is 11.3 Å². The number of carbonyl (C=O) groups excluding carboxylic acids is 1. The van der Waals surface area contributed by atoms with E-state index in [-0.39, 0.29) is 5.91 Å². The molecule has 1 atom stereocenters. The van der Waals surface area contributed by atoms with E-state index in [1.54, 1.807) is 4.68 Å². The van der Waals surface area contributed by atoms with Crippen LogP contribution in [0.3, 0.4) is 0 Å². The van der Waals surface area contributed by atoms with Crippen molar-refractivity contribution >= 4 is 17.2 Å². The Kier molecular flexibility index (Phi) is 3.63. The molecule has 0 bridgehead atoms. The zero-order valence-electron chi connectivity index (χ0n) is 12.3. The maximum atomic E-state index is 12.9. The molecule has 2 saturated heterocycles. The van der Waals surface area contributed by atoms with Crippen LogP contribution in [0, 0.1) is 0 Å². The van der Waals surface area contributed by atoms with Gasteiger partial charge in [-0.05, 0) is 41.3 Å². The van der Waals surface area contributed by atoms with E-state index in [0.717, 1.165) is 30.2 Å². The second kappa shape index (κ2) is 5.77. The van der Waals surface area contributed by atoms with Crippen LogP contribution in [0.5, 0.6) is 0 Å². The molecule has 0 aliphatic carbocycles. The number of piperazine rings is 1. The topological polar surface area (TPSA) is 67.2 Å². The molecule has 2 aromatic rings. The van der Waals surface area contributed by atoms with E-state index >= 15 is 0 Å². The van der Waals surface area contributed by atoms with Gasteiger partial charge in [0.25, 0.3) is 5.91 Å². The number of tetrazole rings is 1. The van der Waals surface area contributed by atoms with E-state index in [2.05, 4.69) is 20.4 Å². The molecule has 0 N–H and O–H groups in total. The summed E-state index contributed by atoms with van der Waals surface area (Å²) in [7, 11) is 0. The first-order valence-corrected chi connectivity index (χ1v) is 8.55. The van der Waals surface area contributed by atoms with Crippen molar-refractivity contribution in [3.63, 3.8) is 0 Å². The lowest BCUT2D eigenvalue weighted by atomic mass is 9.99. The molecule has 2 aliphatic rings. The van der Waals surface area contributed by atoms with Crippen molar-refractivity contribution in [1.82, 2.24) is 30.0 Å². The van der Waals surface area contributed by atoms with Crippen molar-refractivity contribution in [3.8, 4) is 5.69 Å². The minimum absolute atomic E-state index is 0.103. The average molecular weight is 318 g/mol. The first kappa shape index (κ1) is 13.8. The van der Waals surface area contributed by atoms with E-state index in [4.69, 9.17) is 0 Å². The Morgan fingerprint density at radius 1 is 1.27 bits per heavy atom. The molecule has 0 unspecified atom stereocenters. The third-order valence-corrected chi connectivity index (χ3v) is 5.45. The van der Waals surface area contributed by atoms with Crippen molar-refractivity contribution in [2.45, 2.75) is 25.3 Å². The number of thiophene rings is 1. The number of amides is 1. The summed E-state index contributed by atoms with van der Waals surface area (Å²) < 4.78 is 1.56. The highest BCUT2D eigenvalue weighted by Crippen LogP contribution is 2.26. The molecular formula is C14H18N6OS. The maximum Gasteiger partial charge on any atom is 0.266 e. The third-order valence-electron chi connectivity index (χ3n) is 4.56. The molecule has 0 saturated carbocycles. The van der Waals surface area contributed by atoms with Gasteiger partial charge in [-0.25, -0.2) is 0 Å². The molecule has 2 aliphatic heterocycles. The lowest BCUT2D eigenvalue weighted by Gasteiger charge is -2.43. The standard InChI is InChI=1S/C14H18N6OS/c21-14(13-12(4-8-22-13)20-10-15-16-17-20)19-7-6-18-5-2-1-3-11(18)9-19/h4,8,10-11H,1-3,5-7,9H2/t11-/m0/s1.